The third-order valence-corrected chi connectivity index (χ3v) is 4.22. The smallest absolute Gasteiger partial charge is 0.269 e. The second-order valence-corrected chi connectivity index (χ2v) is 6.17. The first kappa shape index (κ1) is 17.0. The van der Waals surface area contributed by atoms with Crippen LogP contribution in [0.25, 0.3) is 0 Å². The summed E-state index contributed by atoms with van der Waals surface area (Å²) in [6.07, 6.45) is 0. The van der Waals surface area contributed by atoms with Gasteiger partial charge in [0.15, 0.2) is 0 Å². The molecular formula is C17H18N2O3S. The molecule has 0 fully saturated rings. The van der Waals surface area contributed by atoms with E-state index >= 15 is 0 Å². The van der Waals surface area contributed by atoms with E-state index in [0.717, 1.165) is 11.1 Å². The number of carbonyl (C=O) groups is 1. The summed E-state index contributed by atoms with van der Waals surface area (Å²) in [5.41, 5.74) is 3.30. The Morgan fingerprint density at radius 3 is 2.57 bits per heavy atom. The molecule has 0 spiro atoms. The molecule has 0 atom stereocenters. The molecule has 6 heteroatoms. The van der Waals surface area contributed by atoms with Crippen molar-refractivity contribution in [2.45, 2.75) is 19.2 Å². The maximum atomic E-state index is 11.8. The highest BCUT2D eigenvalue weighted by Crippen LogP contribution is 2.16. The summed E-state index contributed by atoms with van der Waals surface area (Å²) in [4.78, 5) is 22.0. The molecule has 0 saturated heterocycles. The van der Waals surface area contributed by atoms with Crippen LogP contribution in [0.4, 0.5) is 5.69 Å². The first-order chi connectivity index (χ1) is 11.0. The van der Waals surface area contributed by atoms with Crippen LogP contribution in [-0.2, 0) is 17.1 Å². The average Bonchev–Trinajstić information content (AvgIpc) is 2.53. The highest BCUT2D eigenvalue weighted by Gasteiger charge is 2.05. The van der Waals surface area contributed by atoms with Crippen LogP contribution in [0.5, 0.6) is 0 Å². The van der Waals surface area contributed by atoms with Gasteiger partial charge in [-0.2, -0.15) is 0 Å². The van der Waals surface area contributed by atoms with Crippen LogP contribution in [0.15, 0.2) is 48.5 Å². The van der Waals surface area contributed by atoms with E-state index in [2.05, 4.69) is 5.32 Å². The number of non-ortho nitro benzene ring substituents is 1. The molecule has 23 heavy (non-hydrogen) atoms. The van der Waals surface area contributed by atoms with E-state index in [1.165, 1.54) is 29.5 Å². The van der Waals surface area contributed by atoms with E-state index in [4.69, 9.17) is 0 Å². The molecule has 120 valence electrons. The Labute approximate surface area is 139 Å². The first-order valence-electron chi connectivity index (χ1n) is 7.18. The maximum absolute atomic E-state index is 11.8. The molecule has 2 aromatic rings. The summed E-state index contributed by atoms with van der Waals surface area (Å²) >= 11 is 1.49. The van der Waals surface area contributed by atoms with Crippen molar-refractivity contribution in [3.05, 3.63) is 75.3 Å². The Morgan fingerprint density at radius 2 is 1.91 bits per heavy atom. The van der Waals surface area contributed by atoms with Gasteiger partial charge >= 0.3 is 0 Å². The Bertz CT molecular complexity index is 686. The lowest BCUT2D eigenvalue weighted by atomic mass is 10.1. The molecular weight excluding hydrogens is 312 g/mol. The molecule has 0 radical (unpaired) electrons. The van der Waals surface area contributed by atoms with Crippen molar-refractivity contribution in [2.24, 2.45) is 0 Å². The molecule has 2 rings (SSSR count). The predicted molar refractivity (Wildman–Crippen MR) is 92.3 cm³/mol. The largest absolute Gasteiger partial charge is 0.351 e. The van der Waals surface area contributed by atoms with Crippen LogP contribution in [0.3, 0.4) is 0 Å². The average molecular weight is 330 g/mol. The quantitative estimate of drug-likeness (QED) is 0.623. The summed E-state index contributed by atoms with van der Waals surface area (Å²) in [5.74, 6) is 0.997. The predicted octanol–water partition coefficient (Wildman–Crippen LogP) is 3.45. The SMILES string of the molecule is Cc1cccc(CNC(=O)CSCc2ccc([N+](=O)[O-])cc2)c1. The van der Waals surface area contributed by atoms with Gasteiger partial charge in [-0.3, -0.25) is 14.9 Å². The number of nitrogens with one attached hydrogen (secondary N) is 1. The van der Waals surface area contributed by atoms with Gasteiger partial charge in [-0.05, 0) is 18.1 Å². The van der Waals surface area contributed by atoms with Gasteiger partial charge in [-0.15, -0.1) is 11.8 Å². The minimum atomic E-state index is -0.421. The van der Waals surface area contributed by atoms with Gasteiger partial charge in [0, 0.05) is 24.4 Å². The molecule has 1 amide bonds. The summed E-state index contributed by atoms with van der Waals surface area (Å²) in [6.45, 7) is 2.55. The zero-order chi connectivity index (χ0) is 16.7. The molecule has 2 aromatic carbocycles. The minimum Gasteiger partial charge on any atom is -0.351 e. The fraction of sp³-hybridized carbons (Fsp3) is 0.235. The lowest BCUT2D eigenvalue weighted by Crippen LogP contribution is -2.24. The number of hydrogen-bond donors (Lipinski definition) is 1. The number of amides is 1. The number of nitro groups is 1. The standard InChI is InChI=1S/C17H18N2O3S/c1-13-3-2-4-15(9-13)10-18-17(20)12-23-11-14-5-7-16(8-6-14)19(21)22/h2-9H,10-12H2,1H3,(H,18,20). The van der Waals surface area contributed by atoms with Crippen molar-refractivity contribution in [1.82, 2.24) is 5.32 Å². The number of carbonyl (C=O) groups excluding carboxylic acids is 1. The highest BCUT2D eigenvalue weighted by atomic mass is 32.2. The molecule has 5 nitrogen and oxygen atoms in total. The van der Waals surface area contributed by atoms with Crippen LogP contribution in [0.2, 0.25) is 0 Å². The molecule has 0 aliphatic carbocycles. The van der Waals surface area contributed by atoms with Crippen molar-refractivity contribution in [3.63, 3.8) is 0 Å². The first-order valence-corrected chi connectivity index (χ1v) is 8.33. The van der Waals surface area contributed by atoms with Crippen molar-refractivity contribution >= 4 is 23.4 Å². The third-order valence-electron chi connectivity index (χ3n) is 3.22. The number of rotatable bonds is 7. The molecule has 0 saturated carbocycles. The second kappa shape index (κ2) is 8.33. The summed E-state index contributed by atoms with van der Waals surface area (Å²) < 4.78 is 0. The number of thioether (sulfide) groups is 1. The van der Waals surface area contributed by atoms with E-state index in [-0.39, 0.29) is 11.6 Å². The zero-order valence-electron chi connectivity index (χ0n) is 12.8. The molecule has 0 bridgehead atoms. The van der Waals surface area contributed by atoms with Crippen LogP contribution in [-0.4, -0.2) is 16.6 Å². The van der Waals surface area contributed by atoms with Crippen molar-refractivity contribution in [1.29, 1.82) is 0 Å². The van der Waals surface area contributed by atoms with Gasteiger partial charge in [-0.25, -0.2) is 0 Å². The highest BCUT2D eigenvalue weighted by molar-refractivity contribution is 7.99. The zero-order valence-corrected chi connectivity index (χ0v) is 13.6. The van der Waals surface area contributed by atoms with E-state index in [1.54, 1.807) is 12.1 Å². The van der Waals surface area contributed by atoms with Gasteiger partial charge in [-0.1, -0.05) is 42.0 Å². The van der Waals surface area contributed by atoms with E-state index < -0.39 is 4.92 Å². The Hall–Kier alpha value is -2.34. The molecule has 0 aliphatic rings. The van der Waals surface area contributed by atoms with E-state index in [1.807, 2.05) is 31.2 Å². The minimum absolute atomic E-state index is 0.0154. The topological polar surface area (TPSA) is 72.2 Å². The van der Waals surface area contributed by atoms with Gasteiger partial charge in [0.05, 0.1) is 10.7 Å². The Morgan fingerprint density at radius 1 is 1.17 bits per heavy atom. The molecule has 1 N–H and O–H groups in total. The lowest BCUT2D eigenvalue weighted by molar-refractivity contribution is -0.384. The number of nitro benzene ring substituents is 1. The van der Waals surface area contributed by atoms with E-state index in [0.29, 0.717) is 18.1 Å². The molecule has 0 aromatic heterocycles. The van der Waals surface area contributed by atoms with Crippen molar-refractivity contribution < 1.29 is 9.72 Å². The van der Waals surface area contributed by atoms with E-state index in [9.17, 15) is 14.9 Å². The van der Waals surface area contributed by atoms with Crippen molar-refractivity contribution in [3.8, 4) is 0 Å². The third kappa shape index (κ3) is 5.75. The lowest BCUT2D eigenvalue weighted by Gasteiger charge is -2.06. The van der Waals surface area contributed by atoms with Crippen LogP contribution < -0.4 is 5.32 Å². The second-order valence-electron chi connectivity index (χ2n) is 5.18. The van der Waals surface area contributed by atoms with Crippen molar-refractivity contribution in [2.75, 3.05) is 5.75 Å². The Kier molecular flexibility index (Phi) is 6.17. The maximum Gasteiger partial charge on any atom is 0.269 e. The summed E-state index contributed by atoms with van der Waals surface area (Å²) in [6, 6.07) is 14.4. The van der Waals surface area contributed by atoms with Gasteiger partial charge < -0.3 is 5.32 Å². The van der Waals surface area contributed by atoms with Crippen LogP contribution >= 0.6 is 11.8 Å². The van der Waals surface area contributed by atoms with Gasteiger partial charge in [0.2, 0.25) is 5.91 Å². The number of benzene rings is 2. The molecule has 0 unspecified atom stereocenters. The summed E-state index contributed by atoms with van der Waals surface area (Å²) in [5, 5.41) is 13.5. The Balaban J connectivity index is 1.71. The molecule has 0 heterocycles. The van der Waals surface area contributed by atoms with Gasteiger partial charge in [0.1, 0.15) is 0 Å². The van der Waals surface area contributed by atoms with Crippen LogP contribution in [0.1, 0.15) is 16.7 Å². The normalized spacial score (nSPS) is 10.3. The summed E-state index contributed by atoms with van der Waals surface area (Å²) in [7, 11) is 0. The fourth-order valence-electron chi connectivity index (χ4n) is 2.05. The van der Waals surface area contributed by atoms with Gasteiger partial charge in [0.25, 0.3) is 5.69 Å². The van der Waals surface area contributed by atoms with Crippen LogP contribution in [0, 0.1) is 17.0 Å². The molecule has 0 aliphatic heterocycles. The fourth-order valence-corrected chi connectivity index (χ4v) is 2.87. The number of hydrogen-bond acceptors (Lipinski definition) is 4. The number of nitrogens with zero attached hydrogens (tertiary/aromatic N) is 1. The monoisotopic (exact) mass is 330 g/mol. The number of aryl methyl sites for hydroxylation is 1.